The molecule has 1 N–H and O–H groups in total. The number of rotatable bonds is 7. The minimum Gasteiger partial charge on any atom is -0.311 e. The summed E-state index contributed by atoms with van der Waals surface area (Å²) in [5.74, 6) is 0. The minimum atomic E-state index is -2.30. The number of hydrogen-bond donors (Lipinski definition) is 1. The van der Waals surface area contributed by atoms with Crippen molar-refractivity contribution in [3.63, 3.8) is 0 Å². The van der Waals surface area contributed by atoms with Crippen molar-refractivity contribution in [1.29, 1.82) is 0 Å². The number of nitrogens with one attached hydrogen (secondary N) is 1. The van der Waals surface area contributed by atoms with Gasteiger partial charge in [0.05, 0.1) is 17.9 Å². The highest BCUT2D eigenvalue weighted by molar-refractivity contribution is 5.11. The lowest BCUT2D eigenvalue weighted by molar-refractivity contribution is 0.0970. The summed E-state index contributed by atoms with van der Waals surface area (Å²) in [5, 5.41) is 3.18. The maximum Gasteiger partial charge on any atom is 0.251 e. The second-order valence-corrected chi connectivity index (χ2v) is 3.99. The Morgan fingerprint density at radius 2 is 2.06 bits per heavy atom. The molecule has 0 bridgehead atoms. The standard InChI is InChI=1S/C12H19F2N3/c1-3-15-7-10-5-4-6-11(16-10)8-17(2)9-12(13)14/h4-6,12,15H,3,7-9H2,1-2H3. The molecule has 0 aliphatic carbocycles. The van der Waals surface area contributed by atoms with E-state index in [9.17, 15) is 8.78 Å². The molecule has 1 heterocycles. The average Bonchev–Trinajstić information content (AvgIpc) is 2.25. The van der Waals surface area contributed by atoms with Gasteiger partial charge in [0.25, 0.3) is 6.43 Å². The summed E-state index contributed by atoms with van der Waals surface area (Å²) in [7, 11) is 1.67. The third kappa shape index (κ3) is 5.70. The van der Waals surface area contributed by atoms with Crippen molar-refractivity contribution < 1.29 is 8.78 Å². The van der Waals surface area contributed by atoms with Gasteiger partial charge in [0.2, 0.25) is 0 Å². The second-order valence-electron chi connectivity index (χ2n) is 3.99. The van der Waals surface area contributed by atoms with Crippen LogP contribution in [0, 0.1) is 0 Å². The molecule has 0 atom stereocenters. The third-order valence-electron chi connectivity index (χ3n) is 2.30. The van der Waals surface area contributed by atoms with Crippen molar-refractivity contribution in [3.05, 3.63) is 29.6 Å². The fourth-order valence-electron chi connectivity index (χ4n) is 1.55. The van der Waals surface area contributed by atoms with Gasteiger partial charge in [-0.05, 0) is 25.7 Å². The van der Waals surface area contributed by atoms with Crippen molar-refractivity contribution >= 4 is 0 Å². The van der Waals surface area contributed by atoms with Crippen LogP contribution < -0.4 is 5.32 Å². The Morgan fingerprint density at radius 1 is 1.35 bits per heavy atom. The van der Waals surface area contributed by atoms with Gasteiger partial charge in [0.15, 0.2) is 0 Å². The summed E-state index contributed by atoms with van der Waals surface area (Å²) in [4.78, 5) is 5.98. The number of halogens is 2. The van der Waals surface area contributed by atoms with Gasteiger partial charge in [-0.2, -0.15) is 0 Å². The van der Waals surface area contributed by atoms with Crippen LogP contribution in [0.15, 0.2) is 18.2 Å². The van der Waals surface area contributed by atoms with Gasteiger partial charge < -0.3 is 5.32 Å². The highest BCUT2D eigenvalue weighted by Crippen LogP contribution is 2.04. The van der Waals surface area contributed by atoms with Gasteiger partial charge in [-0.1, -0.05) is 13.0 Å². The molecule has 0 saturated heterocycles. The van der Waals surface area contributed by atoms with Gasteiger partial charge >= 0.3 is 0 Å². The second kappa shape index (κ2) is 7.29. The number of aromatic nitrogens is 1. The van der Waals surface area contributed by atoms with Gasteiger partial charge in [0, 0.05) is 13.1 Å². The van der Waals surface area contributed by atoms with E-state index in [1.807, 2.05) is 25.1 Å². The van der Waals surface area contributed by atoms with Crippen LogP contribution in [0.25, 0.3) is 0 Å². The van der Waals surface area contributed by atoms with Crippen LogP contribution in [-0.4, -0.2) is 36.4 Å². The van der Waals surface area contributed by atoms with Crippen molar-refractivity contribution in [1.82, 2.24) is 15.2 Å². The van der Waals surface area contributed by atoms with Crippen LogP contribution in [0.5, 0.6) is 0 Å². The normalized spacial score (nSPS) is 11.4. The molecule has 1 rings (SSSR count). The smallest absolute Gasteiger partial charge is 0.251 e. The van der Waals surface area contributed by atoms with E-state index in [2.05, 4.69) is 10.3 Å². The van der Waals surface area contributed by atoms with E-state index in [-0.39, 0.29) is 6.54 Å². The lowest BCUT2D eigenvalue weighted by Gasteiger charge is -2.15. The molecule has 0 aromatic carbocycles. The molecule has 3 nitrogen and oxygen atoms in total. The minimum absolute atomic E-state index is 0.223. The Kier molecular flexibility index (Phi) is 6.00. The van der Waals surface area contributed by atoms with Gasteiger partial charge in [0.1, 0.15) is 0 Å². The number of nitrogens with zero attached hydrogens (tertiary/aromatic N) is 2. The molecule has 0 aliphatic rings. The zero-order chi connectivity index (χ0) is 12.7. The number of alkyl halides is 2. The zero-order valence-corrected chi connectivity index (χ0v) is 10.3. The highest BCUT2D eigenvalue weighted by atomic mass is 19.3. The molecule has 1 aromatic rings. The molecule has 0 spiro atoms. The predicted molar refractivity (Wildman–Crippen MR) is 64.0 cm³/mol. The molecule has 1 aromatic heterocycles. The molecule has 0 radical (unpaired) electrons. The first-order valence-electron chi connectivity index (χ1n) is 5.74. The monoisotopic (exact) mass is 243 g/mol. The molecule has 96 valence electrons. The van der Waals surface area contributed by atoms with E-state index in [4.69, 9.17) is 0 Å². The van der Waals surface area contributed by atoms with Crippen LogP contribution in [0.4, 0.5) is 8.78 Å². The summed E-state index contributed by atoms with van der Waals surface area (Å²) in [6, 6.07) is 5.70. The van der Waals surface area contributed by atoms with Crippen LogP contribution in [-0.2, 0) is 13.1 Å². The van der Waals surface area contributed by atoms with E-state index >= 15 is 0 Å². The lowest BCUT2D eigenvalue weighted by atomic mass is 10.3. The first-order valence-corrected chi connectivity index (χ1v) is 5.74. The van der Waals surface area contributed by atoms with Gasteiger partial charge in [-0.3, -0.25) is 9.88 Å². The zero-order valence-electron chi connectivity index (χ0n) is 10.3. The first-order chi connectivity index (χ1) is 8.11. The van der Waals surface area contributed by atoms with Gasteiger partial charge in [-0.15, -0.1) is 0 Å². The van der Waals surface area contributed by atoms with Crippen molar-refractivity contribution in [2.24, 2.45) is 0 Å². The van der Waals surface area contributed by atoms with E-state index < -0.39 is 6.43 Å². The molecule has 17 heavy (non-hydrogen) atoms. The van der Waals surface area contributed by atoms with E-state index in [1.165, 1.54) is 0 Å². The topological polar surface area (TPSA) is 28.2 Å². The van der Waals surface area contributed by atoms with Gasteiger partial charge in [-0.25, -0.2) is 8.78 Å². The number of pyridine rings is 1. The van der Waals surface area contributed by atoms with E-state index in [0.29, 0.717) is 13.1 Å². The van der Waals surface area contributed by atoms with Crippen LogP contribution >= 0.6 is 0 Å². The fourth-order valence-corrected chi connectivity index (χ4v) is 1.55. The van der Waals surface area contributed by atoms with E-state index in [1.54, 1.807) is 11.9 Å². The Labute approximate surface area is 101 Å². The van der Waals surface area contributed by atoms with Crippen LogP contribution in [0.1, 0.15) is 18.3 Å². The Morgan fingerprint density at radius 3 is 2.71 bits per heavy atom. The van der Waals surface area contributed by atoms with Crippen molar-refractivity contribution in [2.75, 3.05) is 20.1 Å². The predicted octanol–water partition coefficient (Wildman–Crippen LogP) is 1.89. The Balaban J connectivity index is 2.52. The van der Waals surface area contributed by atoms with E-state index in [0.717, 1.165) is 17.9 Å². The Bertz CT molecular complexity index is 331. The summed E-state index contributed by atoms with van der Waals surface area (Å²) in [6.45, 7) is 3.85. The van der Waals surface area contributed by atoms with Crippen molar-refractivity contribution in [2.45, 2.75) is 26.4 Å². The SMILES string of the molecule is CCNCc1cccc(CN(C)CC(F)F)n1. The van der Waals surface area contributed by atoms with Crippen molar-refractivity contribution in [3.8, 4) is 0 Å². The fraction of sp³-hybridized carbons (Fsp3) is 0.583. The van der Waals surface area contributed by atoms with Crippen LogP contribution in [0.3, 0.4) is 0 Å². The molecule has 0 saturated carbocycles. The quantitative estimate of drug-likeness (QED) is 0.792. The summed E-state index contributed by atoms with van der Waals surface area (Å²) in [5.41, 5.74) is 1.76. The molecule has 0 unspecified atom stereocenters. The maximum atomic E-state index is 12.2. The first kappa shape index (κ1) is 14.0. The molecule has 0 amide bonds. The molecular formula is C12H19F2N3. The maximum absolute atomic E-state index is 12.2. The number of hydrogen-bond acceptors (Lipinski definition) is 3. The van der Waals surface area contributed by atoms with Crippen LogP contribution in [0.2, 0.25) is 0 Å². The molecule has 0 aliphatic heterocycles. The largest absolute Gasteiger partial charge is 0.311 e. The summed E-state index contributed by atoms with van der Waals surface area (Å²) >= 11 is 0. The third-order valence-corrected chi connectivity index (χ3v) is 2.30. The summed E-state index contributed by atoms with van der Waals surface area (Å²) in [6.07, 6.45) is -2.30. The molecule has 5 heteroatoms. The molecule has 0 fully saturated rings. The summed E-state index contributed by atoms with van der Waals surface area (Å²) < 4.78 is 24.3. The highest BCUT2D eigenvalue weighted by Gasteiger charge is 2.08. The molecular weight excluding hydrogens is 224 g/mol. The lowest BCUT2D eigenvalue weighted by Crippen LogP contribution is -2.24. The average molecular weight is 243 g/mol. The Hall–Kier alpha value is -1.07.